The van der Waals surface area contributed by atoms with Crippen molar-refractivity contribution in [2.75, 3.05) is 82.7 Å². The van der Waals surface area contributed by atoms with E-state index in [0.717, 1.165) is 51.5 Å². The largest absolute Gasteiger partial charge is 0.369 e. The molecule has 3 rings (SSSR count). The summed E-state index contributed by atoms with van der Waals surface area (Å²) in [5.74, 6) is -0.221. The van der Waals surface area contributed by atoms with Crippen molar-refractivity contribution in [3.8, 4) is 6.07 Å². The summed E-state index contributed by atoms with van der Waals surface area (Å²) in [6.45, 7) is 8.47. The molecule has 0 aromatic heterocycles. The number of piperazine rings is 2. The Hall–Kier alpha value is -2.60. The predicted octanol–water partition coefficient (Wildman–Crippen LogP) is 0.361. The number of likely N-dealkylation sites (N-methyl/N-ethyl adjacent to an activating group) is 1. The van der Waals surface area contributed by atoms with Gasteiger partial charge < -0.3 is 25.8 Å². The maximum Gasteiger partial charge on any atom is 0.266 e. The normalized spacial score (nSPS) is 19.1. The number of anilines is 2. The number of benzene rings is 1. The van der Waals surface area contributed by atoms with Crippen molar-refractivity contribution in [1.29, 1.82) is 5.26 Å². The van der Waals surface area contributed by atoms with Gasteiger partial charge in [-0.1, -0.05) is 0 Å². The summed E-state index contributed by atoms with van der Waals surface area (Å²) in [4.78, 5) is 21.3. The summed E-state index contributed by atoms with van der Waals surface area (Å²) in [5.41, 5.74) is 7.77. The first-order valence-electron chi connectivity index (χ1n) is 10.2. The fraction of sp³-hybridized carbons (Fsp3) is 0.524. The second-order valence-corrected chi connectivity index (χ2v) is 7.57. The van der Waals surface area contributed by atoms with Crippen molar-refractivity contribution >= 4 is 17.3 Å². The average Bonchev–Trinajstić information content (AvgIpc) is 2.76. The Kier molecular flexibility index (Phi) is 7.47. The molecule has 29 heavy (non-hydrogen) atoms. The number of hydrogen-bond acceptors (Lipinski definition) is 7. The number of nitrogens with one attached hydrogen (secondary N) is 1. The van der Waals surface area contributed by atoms with Gasteiger partial charge in [-0.25, -0.2) is 0 Å². The average molecular weight is 398 g/mol. The van der Waals surface area contributed by atoms with Crippen LogP contribution in [0.2, 0.25) is 0 Å². The van der Waals surface area contributed by atoms with Crippen molar-refractivity contribution in [2.24, 2.45) is 5.73 Å². The summed E-state index contributed by atoms with van der Waals surface area (Å²) >= 11 is 0. The van der Waals surface area contributed by atoms with Crippen LogP contribution in [0.15, 0.2) is 36.0 Å². The van der Waals surface area contributed by atoms with Gasteiger partial charge in [-0.2, -0.15) is 5.26 Å². The molecular weight excluding hydrogens is 366 g/mol. The Balaban J connectivity index is 1.55. The van der Waals surface area contributed by atoms with Crippen LogP contribution in [0.3, 0.4) is 0 Å². The standard InChI is InChI=1S/C21H31N7O/c1-25-8-12-27(13-9-25)20-4-2-19(3-5-20)24-17-18(16-23)21(29)28-14-10-26(7-6-22)11-15-28/h2-5,17,24H,6-15,22H2,1H3/b18-17-. The van der Waals surface area contributed by atoms with Gasteiger partial charge >= 0.3 is 0 Å². The zero-order valence-corrected chi connectivity index (χ0v) is 17.2. The SMILES string of the molecule is CN1CCN(c2ccc(N/C=C(/C#N)C(=O)N3CCN(CCN)CC3)cc2)CC1. The number of nitriles is 1. The van der Waals surface area contributed by atoms with Crippen LogP contribution in [0.4, 0.5) is 11.4 Å². The lowest BCUT2D eigenvalue weighted by atomic mass is 10.2. The molecule has 1 aromatic rings. The highest BCUT2D eigenvalue weighted by Crippen LogP contribution is 2.19. The van der Waals surface area contributed by atoms with Crippen LogP contribution in [-0.4, -0.2) is 93.1 Å². The molecule has 0 radical (unpaired) electrons. The number of nitrogens with two attached hydrogens (primary N) is 1. The van der Waals surface area contributed by atoms with E-state index in [2.05, 4.69) is 39.2 Å². The lowest BCUT2D eigenvalue weighted by Crippen LogP contribution is -2.50. The minimum absolute atomic E-state index is 0.125. The monoisotopic (exact) mass is 397 g/mol. The minimum atomic E-state index is -0.221. The van der Waals surface area contributed by atoms with E-state index in [1.165, 1.54) is 11.9 Å². The molecular formula is C21H31N7O. The van der Waals surface area contributed by atoms with Crippen LogP contribution in [0.5, 0.6) is 0 Å². The van der Waals surface area contributed by atoms with Gasteiger partial charge in [0.2, 0.25) is 0 Å². The van der Waals surface area contributed by atoms with Gasteiger partial charge in [0.25, 0.3) is 5.91 Å². The van der Waals surface area contributed by atoms with Gasteiger partial charge in [-0.3, -0.25) is 9.69 Å². The molecule has 2 saturated heterocycles. The molecule has 8 nitrogen and oxygen atoms in total. The second kappa shape index (κ2) is 10.3. The van der Waals surface area contributed by atoms with Crippen molar-refractivity contribution < 1.29 is 4.79 Å². The number of carbonyl (C=O) groups is 1. The topological polar surface area (TPSA) is 91.9 Å². The van der Waals surface area contributed by atoms with Crippen molar-refractivity contribution in [2.45, 2.75) is 0 Å². The number of amides is 1. The molecule has 2 aliphatic heterocycles. The van der Waals surface area contributed by atoms with Crippen LogP contribution in [-0.2, 0) is 4.79 Å². The Morgan fingerprint density at radius 1 is 1.10 bits per heavy atom. The van der Waals surface area contributed by atoms with Crippen LogP contribution >= 0.6 is 0 Å². The molecule has 0 bridgehead atoms. The van der Waals surface area contributed by atoms with E-state index in [1.807, 2.05) is 18.2 Å². The quantitative estimate of drug-likeness (QED) is 0.529. The zero-order chi connectivity index (χ0) is 20.6. The number of carbonyl (C=O) groups excluding carboxylic acids is 1. The summed E-state index contributed by atoms with van der Waals surface area (Å²) in [7, 11) is 2.14. The molecule has 0 unspecified atom stereocenters. The summed E-state index contributed by atoms with van der Waals surface area (Å²) in [5, 5.41) is 12.5. The maximum atomic E-state index is 12.6. The molecule has 0 spiro atoms. The molecule has 0 aliphatic carbocycles. The van der Waals surface area contributed by atoms with E-state index in [9.17, 15) is 10.1 Å². The lowest BCUT2D eigenvalue weighted by molar-refractivity contribution is -0.128. The van der Waals surface area contributed by atoms with E-state index < -0.39 is 0 Å². The summed E-state index contributed by atoms with van der Waals surface area (Å²) in [6.07, 6.45) is 1.51. The molecule has 2 aliphatic rings. The first kappa shape index (κ1) is 21.1. The Morgan fingerprint density at radius 2 is 1.76 bits per heavy atom. The van der Waals surface area contributed by atoms with Crippen LogP contribution in [0, 0.1) is 11.3 Å². The third-order valence-corrected chi connectivity index (χ3v) is 5.57. The van der Waals surface area contributed by atoms with E-state index >= 15 is 0 Å². The molecule has 0 saturated carbocycles. The summed E-state index contributed by atoms with van der Waals surface area (Å²) < 4.78 is 0. The number of hydrogen-bond donors (Lipinski definition) is 2. The molecule has 1 amide bonds. The third kappa shape index (κ3) is 5.70. The van der Waals surface area contributed by atoms with Gasteiger partial charge in [0.05, 0.1) is 0 Å². The molecule has 3 N–H and O–H groups in total. The fourth-order valence-corrected chi connectivity index (χ4v) is 3.66. The van der Waals surface area contributed by atoms with Crippen molar-refractivity contribution in [1.82, 2.24) is 14.7 Å². The number of nitrogens with zero attached hydrogens (tertiary/aromatic N) is 5. The highest BCUT2D eigenvalue weighted by Gasteiger charge is 2.23. The van der Waals surface area contributed by atoms with Crippen LogP contribution in [0.1, 0.15) is 0 Å². The highest BCUT2D eigenvalue weighted by atomic mass is 16.2. The van der Waals surface area contributed by atoms with E-state index in [-0.39, 0.29) is 11.5 Å². The van der Waals surface area contributed by atoms with Gasteiger partial charge in [-0.15, -0.1) is 0 Å². The van der Waals surface area contributed by atoms with Gasteiger partial charge in [0.15, 0.2) is 0 Å². The molecule has 156 valence electrons. The molecule has 8 heteroatoms. The van der Waals surface area contributed by atoms with Crippen LogP contribution in [0.25, 0.3) is 0 Å². The minimum Gasteiger partial charge on any atom is -0.369 e. The van der Waals surface area contributed by atoms with Gasteiger partial charge in [0, 0.05) is 83.0 Å². The lowest BCUT2D eigenvalue weighted by Gasteiger charge is -2.34. The molecule has 2 heterocycles. The van der Waals surface area contributed by atoms with Gasteiger partial charge in [-0.05, 0) is 31.3 Å². The number of rotatable bonds is 6. The maximum absolute atomic E-state index is 12.6. The smallest absolute Gasteiger partial charge is 0.266 e. The first-order chi connectivity index (χ1) is 14.1. The molecule has 2 fully saturated rings. The predicted molar refractivity (Wildman–Crippen MR) is 116 cm³/mol. The highest BCUT2D eigenvalue weighted by molar-refractivity contribution is 5.97. The zero-order valence-electron chi connectivity index (χ0n) is 17.2. The third-order valence-electron chi connectivity index (χ3n) is 5.57. The Labute approximate surface area is 173 Å². The Bertz CT molecular complexity index is 739. The van der Waals surface area contributed by atoms with E-state index in [4.69, 9.17) is 5.73 Å². The van der Waals surface area contributed by atoms with E-state index in [1.54, 1.807) is 4.90 Å². The van der Waals surface area contributed by atoms with Crippen molar-refractivity contribution in [3.05, 3.63) is 36.0 Å². The summed E-state index contributed by atoms with van der Waals surface area (Å²) in [6, 6.07) is 10.1. The second-order valence-electron chi connectivity index (χ2n) is 7.57. The van der Waals surface area contributed by atoms with Crippen LogP contribution < -0.4 is 16.0 Å². The molecule has 1 aromatic carbocycles. The molecule has 0 atom stereocenters. The van der Waals surface area contributed by atoms with E-state index in [0.29, 0.717) is 19.6 Å². The Morgan fingerprint density at radius 3 is 2.34 bits per heavy atom. The first-order valence-corrected chi connectivity index (χ1v) is 10.2. The fourth-order valence-electron chi connectivity index (χ4n) is 3.66. The van der Waals surface area contributed by atoms with Gasteiger partial charge in [0.1, 0.15) is 11.6 Å². The van der Waals surface area contributed by atoms with Crippen molar-refractivity contribution in [3.63, 3.8) is 0 Å².